The number of amides is 1. The summed E-state index contributed by atoms with van der Waals surface area (Å²) in [7, 11) is 0. The summed E-state index contributed by atoms with van der Waals surface area (Å²) in [6.45, 7) is 1.86. The third kappa shape index (κ3) is 3.20. The minimum absolute atomic E-state index is 0.306. The molecule has 1 fully saturated rings. The molecule has 1 aromatic rings. The Labute approximate surface area is 106 Å². The van der Waals surface area contributed by atoms with E-state index in [1.807, 2.05) is 31.2 Å². The Morgan fingerprint density at radius 1 is 1.47 bits per heavy atom. The topological polar surface area (TPSA) is 55.1 Å². The van der Waals surface area contributed by atoms with E-state index in [9.17, 15) is 4.79 Å². The Hall–Kier alpha value is -1.06. The first-order valence-corrected chi connectivity index (χ1v) is 6.19. The summed E-state index contributed by atoms with van der Waals surface area (Å²) < 4.78 is 0. The number of hydrogen-bond acceptors (Lipinski definition) is 2. The third-order valence-electron chi connectivity index (χ3n) is 3.11. The van der Waals surface area contributed by atoms with E-state index >= 15 is 0 Å². The molecular weight excluding hydrogens is 236 g/mol. The lowest BCUT2D eigenvalue weighted by Crippen LogP contribution is -2.55. The Morgan fingerprint density at radius 3 is 2.53 bits per heavy atom. The molecule has 2 rings (SSSR count). The highest BCUT2D eigenvalue weighted by Crippen LogP contribution is 2.24. The summed E-state index contributed by atoms with van der Waals surface area (Å²) in [5, 5.41) is 4.02. The van der Waals surface area contributed by atoms with Crippen LogP contribution in [-0.4, -0.2) is 17.5 Å². The second-order valence-electron chi connectivity index (χ2n) is 4.92. The molecule has 0 saturated heterocycles. The first kappa shape index (κ1) is 12.4. The largest absolute Gasteiger partial charge is 0.368 e. The third-order valence-corrected chi connectivity index (χ3v) is 3.37. The molecule has 1 aliphatic carbocycles. The molecule has 0 radical (unpaired) electrons. The lowest BCUT2D eigenvalue weighted by atomic mass is 9.92. The molecule has 1 amide bonds. The zero-order valence-electron chi connectivity index (χ0n) is 9.87. The van der Waals surface area contributed by atoms with Crippen LogP contribution in [0.3, 0.4) is 0 Å². The van der Waals surface area contributed by atoms with Gasteiger partial charge in [0.15, 0.2) is 0 Å². The molecule has 1 atom stereocenters. The molecular formula is C13H17ClN2O. The van der Waals surface area contributed by atoms with Gasteiger partial charge in [0, 0.05) is 11.1 Å². The highest BCUT2D eigenvalue weighted by molar-refractivity contribution is 6.30. The quantitative estimate of drug-likeness (QED) is 0.841. The maximum Gasteiger partial charge on any atom is 0.237 e. The molecule has 0 heterocycles. The van der Waals surface area contributed by atoms with Gasteiger partial charge >= 0.3 is 0 Å². The van der Waals surface area contributed by atoms with E-state index in [-0.39, 0.29) is 5.91 Å². The van der Waals surface area contributed by atoms with E-state index in [1.54, 1.807) is 0 Å². The average Bonchev–Trinajstić information content (AvgIpc) is 3.05. The number of primary amides is 1. The smallest absolute Gasteiger partial charge is 0.237 e. The van der Waals surface area contributed by atoms with Crippen molar-refractivity contribution in [1.82, 2.24) is 5.32 Å². The van der Waals surface area contributed by atoms with Gasteiger partial charge in [0.1, 0.15) is 0 Å². The summed E-state index contributed by atoms with van der Waals surface area (Å²) in [6, 6.07) is 7.96. The van der Waals surface area contributed by atoms with Gasteiger partial charge in [-0.2, -0.15) is 0 Å². The van der Waals surface area contributed by atoms with Crippen LogP contribution in [0.5, 0.6) is 0 Å². The normalized spacial score (nSPS) is 18.7. The van der Waals surface area contributed by atoms with Gasteiger partial charge in [-0.25, -0.2) is 0 Å². The van der Waals surface area contributed by atoms with Gasteiger partial charge in [-0.1, -0.05) is 23.7 Å². The fraction of sp³-hybridized carbons (Fsp3) is 0.462. The van der Waals surface area contributed by atoms with E-state index in [0.29, 0.717) is 17.5 Å². The molecule has 0 spiro atoms. The first-order chi connectivity index (χ1) is 7.99. The van der Waals surface area contributed by atoms with Gasteiger partial charge in [-0.15, -0.1) is 0 Å². The number of hydrogen-bond donors (Lipinski definition) is 2. The summed E-state index contributed by atoms with van der Waals surface area (Å²) in [4.78, 5) is 11.6. The molecule has 1 aromatic carbocycles. The van der Waals surface area contributed by atoms with E-state index in [1.165, 1.54) is 0 Å². The average molecular weight is 253 g/mol. The highest BCUT2D eigenvalue weighted by Gasteiger charge is 2.36. The standard InChI is InChI=1S/C13H17ClN2O/c1-13(12(15)17,16-11-6-7-11)8-9-2-4-10(14)5-3-9/h2-5,11,16H,6-8H2,1H3,(H2,15,17). The summed E-state index contributed by atoms with van der Waals surface area (Å²) in [5.41, 5.74) is 5.88. The second-order valence-corrected chi connectivity index (χ2v) is 5.35. The zero-order valence-corrected chi connectivity index (χ0v) is 10.6. The Morgan fingerprint density at radius 2 is 2.06 bits per heavy atom. The highest BCUT2D eigenvalue weighted by atomic mass is 35.5. The lowest BCUT2D eigenvalue weighted by molar-refractivity contribution is -0.123. The van der Waals surface area contributed by atoms with Crippen LogP contribution < -0.4 is 11.1 Å². The number of carbonyl (C=O) groups is 1. The number of halogens is 1. The molecule has 17 heavy (non-hydrogen) atoms. The predicted molar refractivity (Wildman–Crippen MR) is 68.9 cm³/mol. The van der Waals surface area contributed by atoms with Crippen LogP contribution in [0.25, 0.3) is 0 Å². The van der Waals surface area contributed by atoms with Crippen molar-refractivity contribution in [3.8, 4) is 0 Å². The first-order valence-electron chi connectivity index (χ1n) is 5.82. The van der Waals surface area contributed by atoms with Crippen molar-refractivity contribution in [1.29, 1.82) is 0 Å². The predicted octanol–water partition coefficient (Wildman–Crippen LogP) is 1.88. The van der Waals surface area contributed by atoms with Crippen molar-refractivity contribution in [2.75, 3.05) is 0 Å². The Balaban J connectivity index is 2.11. The Kier molecular flexibility index (Phi) is 3.40. The van der Waals surface area contributed by atoms with Gasteiger partial charge in [0.05, 0.1) is 5.54 Å². The fourth-order valence-electron chi connectivity index (χ4n) is 1.90. The van der Waals surface area contributed by atoms with E-state index in [2.05, 4.69) is 5.32 Å². The molecule has 4 heteroatoms. The number of rotatable bonds is 5. The molecule has 92 valence electrons. The van der Waals surface area contributed by atoms with Gasteiger partial charge in [0.2, 0.25) is 5.91 Å². The van der Waals surface area contributed by atoms with Gasteiger partial charge < -0.3 is 11.1 Å². The minimum Gasteiger partial charge on any atom is -0.368 e. The molecule has 1 saturated carbocycles. The van der Waals surface area contributed by atoms with Crippen molar-refractivity contribution in [2.24, 2.45) is 5.73 Å². The SMILES string of the molecule is CC(Cc1ccc(Cl)cc1)(NC1CC1)C(N)=O. The van der Waals surface area contributed by atoms with E-state index < -0.39 is 5.54 Å². The molecule has 1 aliphatic rings. The molecule has 0 aromatic heterocycles. The number of nitrogens with one attached hydrogen (secondary N) is 1. The maximum absolute atomic E-state index is 11.6. The van der Waals surface area contributed by atoms with E-state index in [0.717, 1.165) is 18.4 Å². The van der Waals surface area contributed by atoms with Crippen LogP contribution in [0.4, 0.5) is 0 Å². The van der Waals surface area contributed by atoms with Gasteiger partial charge in [0.25, 0.3) is 0 Å². The summed E-state index contributed by atoms with van der Waals surface area (Å²) in [5.74, 6) is -0.306. The molecule has 0 bridgehead atoms. The van der Waals surface area contributed by atoms with Crippen LogP contribution in [0.15, 0.2) is 24.3 Å². The van der Waals surface area contributed by atoms with E-state index in [4.69, 9.17) is 17.3 Å². The lowest BCUT2D eigenvalue weighted by Gasteiger charge is -2.27. The molecule has 1 unspecified atom stereocenters. The summed E-state index contributed by atoms with van der Waals surface area (Å²) in [6.07, 6.45) is 2.85. The molecule has 3 nitrogen and oxygen atoms in total. The number of nitrogens with two attached hydrogens (primary N) is 1. The minimum atomic E-state index is -0.672. The second kappa shape index (κ2) is 4.67. The van der Waals surface area contributed by atoms with Gasteiger partial charge in [-0.05, 0) is 43.9 Å². The van der Waals surface area contributed by atoms with Crippen LogP contribution in [-0.2, 0) is 11.2 Å². The summed E-state index contributed by atoms with van der Waals surface area (Å²) >= 11 is 5.83. The van der Waals surface area contributed by atoms with Crippen molar-refractivity contribution in [3.05, 3.63) is 34.9 Å². The van der Waals surface area contributed by atoms with Crippen molar-refractivity contribution in [3.63, 3.8) is 0 Å². The maximum atomic E-state index is 11.6. The van der Waals surface area contributed by atoms with Crippen LogP contribution in [0, 0.1) is 0 Å². The fourth-order valence-corrected chi connectivity index (χ4v) is 2.02. The van der Waals surface area contributed by atoms with Crippen LogP contribution >= 0.6 is 11.6 Å². The van der Waals surface area contributed by atoms with Crippen LogP contribution in [0.1, 0.15) is 25.3 Å². The monoisotopic (exact) mass is 252 g/mol. The molecule has 0 aliphatic heterocycles. The Bertz CT molecular complexity index is 414. The number of carbonyl (C=O) groups excluding carboxylic acids is 1. The number of benzene rings is 1. The van der Waals surface area contributed by atoms with Crippen LogP contribution in [0.2, 0.25) is 5.02 Å². The van der Waals surface area contributed by atoms with Crippen molar-refractivity contribution < 1.29 is 4.79 Å². The van der Waals surface area contributed by atoms with Crippen molar-refractivity contribution >= 4 is 17.5 Å². The molecule has 3 N–H and O–H groups in total. The van der Waals surface area contributed by atoms with Crippen molar-refractivity contribution in [2.45, 2.75) is 37.8 Å². The van der Waals surface area contributed by atoms with Gasteiger partial charge in [-0.3, -0.25) is 4.79 Å². The zero-order chi connectivity index (χ0) is 12.5.